The Kier molecular flexibility index (Phi) is 3.56. The molecule has 0 atom stereocenters. The average Bonchev–Trinajstić information content (AvgIpc) is 2.66. The van der Waals surface area contributed by atoms with Crippen LogP contribution >= 0.6 is 27.5 Å². The third-order valence-corrected chi connectivity index (χ3v) is 3.10. The minimum atomic E-state index is 0.646. The molecule has 4 heteroatoms. The fourth-order valence-corrected chi connectivity index (χ4v) is 1.95. The molecule has 1 aromatic heterocycles. The van der Waals surface area contributed by atoms with Crippen LogP contribution in [0.5, 0.6) is 0 Å². The van der Waals surface area contributed by atoms with Crippen LogP contribution in [0, 0.1) is 6.92 Å². The summed E-state index contributed by atoms with van der Waals surface area (Å²) in [5.74, 6) is 1.83. The van der Waals surface area contributed by atoms with Crippen molar-refractivity contribution in [1.82, 2.24) is 0 Å². The molecule has 0 aliphatic rings. The lowest BCUT2D eigenvalue weighted by Crippen LogP contribution is -1.98. The van der Waals surface area contributed by atoms with Gasteiger partial charge in [0.15, 0.2) is 0 Å². The summed E-state index contributed by atoms with van der Waals surface area (Å²) in [5.41, 5.74) is 0.960. The van der Waals surface area contributed by atoms with Crippen molar-refractivity contribution in [2.24, 2.45) is 0 Å². The van der Waals surface area contributed by atoms with Crippen LogP contribution in [0.4, 0.5) is 5.69 Å². The van der Waals surface area contributed by atoms with E-state index in [1.807, 2.05) is 37.3 Å². The second kappa shape index (κ2) is 4.93. The van der Waals surface area contributed by atoms with Gasteiger partial charge in [-0.15, -0.1) is 0 Å². The molecule has 16 heavy (non-hydrogen) atoms. The van der Waals surface area contributed by atoms with E-state index in [1.165, 1.54) is 0 Å². The molecule has 1 heterocycles. The summed E-state index contributed by atoms with van der Waals surface area (Å²) in [5, 5.41) is 3.97. The van der Waals surface area contributed by atoms with Gasteiger partial charge in [0.2, 0.25) is 0 Å². The lowest BCUT2D eigenvalue weighted by atomic mass is 10.3. The van der Waals surface area contributed by atoms with E-state index in [9.17, 15) is 0 Å². The Morgan fingerprint density at radius 1 is 1.31 bits per heavy atom. The normalized spacial score (nSPS) is 10.4. The number of rotatable bonds is 3. The van der Waals surface area contributed by atoms with Crippen LogP contribution in [-0.2, 0) is 6.54 Å². The molecule has 0 aliphatic heterocycles. The number of hydrogen-bond donors (Lipinski definition) is 1. The summed E-state index contributed by atoms with van der Waals surface area (Å²) in [7, 11) is 0. The van der Waals surface area contributed by atoms with E-state index in [2.05, 4.69) is 21.2 Å². The lowest BCUT2D eigenvalue weighted by Gasteiger charge is -2.07. The predicted molar refractivity (Wildman–Crippen MR) is 69.9 cm³/mol. The van der Waals surface area contributed by atoms with Crippen molar-refractivity contribution in [2.45, 2.75) is 13.5 Å². The molecule has 0 amide bonds. The van der Waals surface area contributed by atoms with Crippen LogP contribution in [-0.4, -0.2) is 0 Å². The van der Waals surface area contributed by atoms with Gasteiger partial charge in [0.1, 0.15) is 11.5 Å². The van der Waals surface area contributed by atoms with Gasteiger partial charge >= 0.3 is 0 Å². The van der Waals surface area contributed by atoms with Gasteiger partial charge in [0.05, 0.1) is 12.2 Å². The molecule has 2 nitrogen and oxygen atoms in total. The van der Waals surface area contributed by atoms with Gasteiger partial charge < -0.3 is 9.73 Å². The van der Waals surface area contributed by atoms with E-state index in [0.717, 1.165) is 21.7 Å². The molecule has 2 rings (SSSR count). The Bertz CT molecular complexity index is 496. The van der Waals surface area contributed by atoms with E-state index in [1.54, 1.807) is 0 Å². The third-order valence-electron chi connectivity index (χ3n) is 2.18. The monoisotopic (exact) mass is 299 g/mol. The Morgan fingerprint density at radius 3 is 2.81 bits per heavy atom. The first-order valence-corrected chi connectivity index (χ1v) is 6.06. The van der Waals surface area contributed by atoms with E-state index in [0.29, 0.717) is 11.6 Å². The maximum absolute atomic E-state index is 5.92. The highest BCUT2D eigenvalue weighted by molar-refractivity contribution is 9.10. The molecule has 0 aliphatic carbocycles. The van der Waals surface area contributed by atoms with Crippen LogP contribution in [0.1, 0.15) is 11.5 Å². The summed E-state index contributed by atoms with van der Waals surface area (Å²) in [4.78, 5) is 0. The van der Waals surface area contributed by atoms with Crippen LogP contribution in [0.3, 0.4) is 0 Å². The second-order valence-corrected chi connectivity index (χ2v) is 4.78. The van der Waals surface area contributed by atoms with E-state index >= 15 is 0 Å². The highest BCUT2D eigenvalue weighted by Gasteiger charge is 2.02. The van der Waals surface area contributed by atoms with Gasteiger partial charge in [0.25, 0.3) is 0 Å². The molecule has 0 spiro atoms. The zero-order valence-electron chi connectivity index (χ0n) is 8.76. The number of anilines is 1. The first-order chi connectivity index (χ1) is 7.65. The smallest absolute Gasteiger partial charge is 0.123 e. The molecule has 1 aromatic carbocycles. The minimum Gasteiger partial charge on any atom is -0.465 e. The van der Waals surface area contributed by atoms with Crippen molar-refractivity contribution in [2.75, 3.05) is 5.32 Å². The van der Waals surface area contributed by atoms with Crippen molar-refractivity contribution in [3.05, 3.63) is 51.3 Å². The fourth-order valence-electron chi connectivity index (χ4n) is 1.40. The molecule has 0 fully saturated rings. The number of hydrogen-bond acceptors (Lipinski definition) is 2. The zero-order chi connectivity index (χ0) is 11.5. The van der Waals surface area contributed by atoms with Crippen molar-refractivity contribution in [3.63, 3.8) is 0 Å². The van der Waals surface area contributed by atoms with Crippen LogP contribution in [0.15, 0.2) is 39.2 Å². The Morgan fingerprint density at radius 2 is 2.12 bits per heavy atom. The quantitative estimate of drug-likeness (QED) is 0.895. The van der Waals surface area contributed by atoms with Crippen molar-refractivity contribution in [3.8, 4) is 0 Å². The first-order valence-electron chi connectivity index (χ1n) is 4.89. The van der Waals surface area contributed by atoms with Crippen molar-refractivity contribution >= 4 is 33.2 Å². The standard InChI is InChI=1S/C12H11BrClNO/c1-8-2-4-10(16-8)7-15-12-6-9(14)3-5-11(12)13/h2-6,15H,7H2,1H3. The Balaban J connectivity index is 2.07. The van der Waals surface area contributed by atoms with E-state index < -0.39 is 0 Å². The maximum atomic E-state index is 5.92. The third kappa shape index (κ3) is 2.80. The van der Waals surface area contributed by atoms with Crippen LogP contribution in [0.2, 0.25) is 5.02 Å². The lowest BCUT2D eigenvalue weighted by molar-refractivity contribution is 0.490. The largest absolute Gasteiger partial charge is 0.465 e. The molecule has 0 unspecified atom stereocenters. The van der Waals surface area contributed by atoms with Gasteiger partial charge in [-0.25, -0.2) is 0 Å². The Labute approximate surface area is 108 Å². The average molecular weight is 301 g/mol. The molecule has 2 aromatic rings. The SMILES string of the molecule is Cc1ccc(CNc2cc(Cl)ccc2Br)o1. The summed E-state index contributed by atoms with van der Waals surface area (Å²) >= 11 is 9.38. The highest BCUT2D eigenvalue weighted by Crippen LogP contribution is 2.26. The summed E-state index contributed by atoms with van der Waals surface area (Å²) in [6, 6.07) is 9.54. The fraction of sp³-hybridized carbons (Fsp3) is 0.167. The van der Waals surface area contributed by atoms with Crippen molar-refractivity contribution in [1.29, 1.82) is 0 Å². The zero-order valence-corrected chi connectivity index (χ0v) is 11.1. The molecule has 0 bridgehead atoms. The minimum absolute atomic E-state index is 0.646. The summed E-state index contributed by atoms with van der Waals surface area (Å²) in [6.07, 6.45) is 0. The Hall–Kier alpha value is -0.930. The molecule has 0 saturated carbocycles. The van der Waals surface area contributed by atoms with Gasteiger partial charge in [-0.1, -0.05) is 11.6 Å². The number of nitrogens with one attached hydrogen (secondary N) is 1. The summed E-state index contributed by atoms with van der Waals surface area (Å²) in [6.45, 7) is 2.57. The molecule has 1 N–H and O–H groups in total. The van der Waals surface area contributed by atoms with Crippen LogP contribution < -0.4 is 5.32 Å². The van der Waals surface area contributed by atoms with E-state index in [-0.39, 0.29) is 0 Å². The molecule has 0 radical (unpaired) electrons. The topological polar surface area (TPSA) is 25.2 Å². The van der Waals surface area contributed by atoms with Gasteiger partial charge in [-0.05, 0) is 53.2 Å². The predicted octanol–water partition coefficient (Wildman–Crippen LogP) is 4.62. The number of benzene rings is 1. The number of aryl methyl sites for hydroxylation is 1. The van der Waals surface area contributed by atoms with Gasteiger partial charge in [0, 0.05) is 9.50 Å². The first kappa shape index (κ1) is 11.6. The second-order valence-electron chi connectivity index (χ2n) is 3.49. The van der Waals surface area contributed by atoms with E-state index in [4.69, 9.17) is 16.0 Å². The maximum Gasteiger partial charge on any atom is 0.123 e. The molecule has 0 saturated heterocycles. The van der Waals surface area contributed by atoms with Crippen LogP contribution in [0.25, 0.3) is 0 Å². The molecule has 84 valence electrons. The highest BCUT2D eigenvalue weighted by atomic mass is 79.9. The summed E-state index contributed by atoms with van der Waals surface area (Å²) < 4.78 is 6.45. The van der Waals surface area contributed by atoms with Crippen molar-refractivity contribution < 1.29 is 4.42 Å². The number of halogens is 2. The van der Waals surface area contributed by atoms with Gasteiger partial charge in [-0.3, -0.25) is 0 Å². The molecular formula is C12H11BrClNO. The van der Waals surface area contributed by atoms with Gasteiger partial charge in [-0.2, -0.15) is 0 Å². The molecular weight excluding hydrogens is 289 g/mol. The number of furan rings is 1.